The number of rotatable bonds is 8. The molecule has 0 unspecified atom stereocenters. The molecule has 0 saturated heterocycles. The molecule has 0 aliphatic heterocycles. The minimum Gasteiger partial charge on any atom is -0.310 e. The zero-order valence-corrected chi connectivity index (χ0v) is 33.7. The monoisotopic (exact) mass is 781 g/mol. The minimum absolute atomic E-state index is 1.10. The van der Waals surface area contributed by atoms with Crippen LogP contribution in [0.15, 0.2) is 237 Å². The summed E-state index contributed by atoms with van der Waals surface area (Å²) in [6.07, 6.45) is 0. The molecule has 0 amide bonds. The van der Waals surface area contributed by atoms with Crippen LogP contribution in [0.5, 0.6) is 0 Å². The Hall–Kier alpha value is -7.52. The zero-order chi connectivity index (χ0) is 39.8. The van der Waals surface area contributed by atoms with Gasteiger partial charge in [-0.3, -0.25) is 0 Å². The molecule has 282 valence electrons. The van der Waals surface area contributed by atoms with Gasteiger partial charge in [0.05, 0.1) is 0 Å². The lowest BCUT2D eigenvalue weighted by Gasteiger charge is -2.26. The van der Waals surface area contributed by atoms with Gasteiger partial charge in [-0.15, -0.1) is 11.3 Å². The van der Waals surface area contributed by atoms with Gasteiger partial charge in [0, 0.05) is 37.2 Å². The van der Waals surface area contributed by atoms with Gasteiger partial charge in [-0.25, -0.2) is 0 Å². The third-order valence-corrected chi connectivity index (χ3v) is 12.8. The third-order valence-electron chi connectivity index (χ3n) is 11.7. The van der Waals surface area contributed by atoms with Crippen molar-refractivity contribution in [2.24, 2.45) is 0 Å². The average Bonchev–Trinajstić information content (AvgIpc) is 3.70. The molecule has 0 N–H and O–H groups in total. The Morgan fingerprint density at radius 1 is 0.267 bits per heavy atom. The number of hydrogen-bond acceptors (Lipinski definition) is 2. The molecule has 1 aromatic heterocycles. The van der Waals surface area contributed by atoms with Crippen molar-refractivity contribution < 1.29 is 0 Å². The van der Waals surface area contributed by atoms with Crippen molar-refractivity contribution in [3.63, 3.8) is 0 Å². The molecule has 11 aromatic rings. The molecule has 1 heterocycles. The summed E-state index contributed by atoms with van der Waals surface area (Å²) in [5.41, 5.74) is 15.4. The predicted molar refractivity (Wildman–Crippen MR) is 259 cm³/mol. The maximum absolute atomic E-state index is 2.39. The van der Waals surface area contributed by atoms with Crippen LogP contribution in [0.1, 0.15) is 0 Å². The molecule has 0 aliphatic rings. The fourth-order valence-electron chi connectivity index (χ4n) is 8.71. The Morgan fingerprint density at radius 3 is 1.35 bits per heavy atom. The van der Waals surface area contributed by atoms with Crippen LogP contribution in [0.25, 0.3) is 86.6 Å². The standard InChI is InChI=1S/C58H39NS/c1-4-14-40(15-5-1)46-36-47(41-16-6-2-7-17-41)38-48(37-46)42-24-29-49(30-25-42)59(51-33-35-55-54-22-12-13-23-56(54)60-57(55)39-51)50-31-26-44(27-32-50)53-34-28-43-18-10-11-21-52(43)58(53)45-19-8-3-9-20-45/h1-39H. The van der Waals surface area contributed by atoms with Crippen molar-refractivity contribution in [2.45, 2.75) is 0 Å². The molecular formula is C58H39NS. The normalized spacial score (nSPS) is 11.3. The van der Waals surface area contributed by atoms with Gasteiger partial charge in [0.1, 0.15) is 0 Å². The van der Waals surface area contributed by atoms with E-state index in [1.54, 1.807) is 0 Å². The second-order valence-corrected chi connectivity index (χ2v) is 16.4. The van der Waals surface area contributed by atoms with Gasteiger partial charge in [0.2, 0.25) is 0 Å². The van der Waals surface area contributed by atoms with Crippen molar-refractivity contribution in [3.8, 4) is 55.6 Å². The summed E-state index contributed by atoms with van der Waals surface area (Å²) in [4.78, 5) is 2.39. The summed E-state index contributed by atoms with van der Waals surface area (Å²) < 4.78 is 2.59. The van der Waals surface area contributed by atoms with E-state index < -0.39 is 0 Å². The van der Waals surface area contributed by atoms with Crippen LogP contribution in [0, 0.1) is 0 Å². The first-order chi connectivity index (χ1) is 29.7. The largest absolute Gasteiger partial charge is 0.310 e. The number of nitrogens with zero attached hydrogens (tertiary/aromatic N) is 1. The summed E-state index contributed by atoms with van der Waals surface area (Å²) in [5, 5.41) is 5.10. The minimum atomic E-state index is 1.10. The summed E-state index contributed by atoms with van der Waals surface area (Å²) in [6, 6.07) is 86.2. The quantitative estimate of drug-likeness (QED) is 0.148. The van der Waals surface area contributed by atoms with Gasteiger partial charge in [-0.1, -0.05) is 176 Å². The van der Waals surface area contributed by atoms with Crippen LogP contribution in [0.3, 0.4) is 0 Å². The molecule has 0 atom stereocenters. The lowest BCUT2D eigenvalue weighted by molar-refractivity contribution is 1.29. The zero-order valence-electron chi connectivity index (χ0n) is 32.9. The predicted octanol–water partition coefficient (Wildman–Crippen LogP) is 17.0. The van der Waals surface area contributed by atoms with E-state index >= 15 is 0 Å². The summed E-state index contributed by atoms with van der Waals surface area (Å²) in [6.45, 7) is 0. The van der Waals surface area contributed by atoms with Crippen LogP contribution in [-0.2, 0) is 0 Å². The van der Waals surface area contributed by atoms with Crippen LogP contribution in [0.4, 0.5) is 17.1 Å². The highest BCUT2D eigenvalue weighted by molar-refractivity contribution is 7.25. The van der Waals surface area contributed by atoms with E-state index in [0.29, 0.717) is 0 Å². The Kier molecular flexibility index (Phi) is 9.11. The van der Waals surface area contributed by atoms with E-state index in [4.69, 9.17) is 0 Å². The van der Waals surface area contributed by atoms with Gasteiger partial charge in [0.15, 0.2) is 0 Å². The first kappa shape index (κ1) is 35.6. The first-order valence-electron chi connectivity index (χ1n) is 20.5. The van der Waals surface area contributed by atoms with Crippen molar-refractivity contribution in [2.75, 3.05) is 4.90 Å². The van der Waals surface area contributed by atoms with E-state index in [1.807, 2.05) is 11.3 Å². The van der Waals surface area contributed by atoms with Gasteiger partial charge in [0.25, 0.3) is 0 Å². The third kappa shape index (κ3) is 6.63. The molecule has 10 aromatic carbocycles. The number of hydrogen-bond donors (Lipinski definition) is 0. The molecule has 60 heavy (non-hydrogen) atoms. The van der Waals surface area contributed by atoms with Crippen LogP contribution >= 0.6 is 11.3 Å². The molecular weight excluding hydrogens is 743 g/mol. The number of fused-ring (bicyclic) bond motifs is 4. The number of anilines is 3. The van der Waals surface area contributed by atoms with E-state index in [2.05, 4.69) is 241 Å². The van der Waals surface area contributed by atoms with Crippen molar-refractivity contribution in [3.05, 3.63) is 237 Å². The van der Waals surface area contributed by atoms with Crippen LogP contribution in [0.2, 0.25) is 0 Å². The number of thiophene rings is 1. The molecule has 1 nitrogen and oxygen atoms in total. The summed E-state index contributed by atoms with van der Waals surface area (Å²) in [7, 11) is 0. The molecule has 11 rings (SSSR count). The Labute approximate surface area is 354 Å². The van der Waals surface area contributed by atoms with E-state index in [1.165, 1.54) is 86.6 Å². The number of benzene rings is 10. The van der Waals surface area contributed by atoms with Crippen molar-refractivity contribution >= 4 is 59.3 Å². The molecule has 0 bridgehead atoms. The topological polar surface area (TPSA) is 3.24 Å². The van der Waals surface area contributed by atoms with Crippen LogP contribution < -0.4 is 4.90 Å². The SMILES string of the molecule is c1ccc(-c2cc(-c3ccccc3)cc(-c3ccc(N(c4ccc(-c5ccc6ccccc6c5-c5ccccc5)cc4)c4ccc5c(c4)sc4ccccc45)cc3)c2)cc1. The Bertz CT molecular complexity index is 3220. The van der Waals surface area contributed by atoms with E-state index in [0.717, 1.165) is 17.1 Å². The van der Waals surface area contributed by atoms with E-state index in [9.17, 15) is 0 Å². The van der Waals surface area contributed by atoms with Gasteiger partial charge >= 0.3 is 0 Å². The molecule has 0 saturated carbocycles. The second-order valence-electron chi connectivity index (χ2n) is 15.3. The lowest BCUT2D eigenvalue weighted by Crippen LogP contribution is -2.09. The first-order valence-corrected chi connectivity index (χ1v) is 21.3. The molecule has 0 spiro atoms. The highest BCUT2D eigenvalue weighted by atomic mass is 32.1. The van der Waals surface area contributed by atoms with Crippen molar-refractivity contribution in [1.29, 1.82) is 0 Å². The molecule has 0 fully saturated rings. The van der Waals surface area contributed by atoms with Crippen molar-refractivity contribution in [1.82, 2.24) is 0 Å². The summed E-state index contributed by atoms with van der Waals surface area (Å²) >= 11 is 1.86. The molecule has 0 aliphatic carbocycles. The smallest absolute Gasteiger partial charge is 0.0476 e. The highest BCUT2D eigenvalue weighted by Crippen LogP contribution is 2.43. The molecule has 2 heteroatoms. The maximum atomic E-state index is 2.39. The summed E-state index contributed by atoms with van der Waals surface area (Å²) in [5.74, 6) is 0. The lowest BCUT2D eigenvalue weighted by atomic mass is 9.90. The Morgan fingerprint density at radius 2 is 0.733 bits per heavy atom. The fourth-order valence-corrected chi connectivity index (χ4v) is 9.85. The van der Waals surface area contributed by atoms with Gasteiger partial charge in [-0.05, 0) is 127 Å². The van der Waals surface area contributed by atoms with Gasteiger partial charge < -0.3 is 4.90 Å². The molecule has 0 radical (unpaired) electrons. The maximum Gasteiger partial charge on any atom is 0.0476 e. The average molecular weight is 782 g/mol. The second kappa shape index (κ2) is 15.3. The van der Waals surface area contributed by atoms with E-state index in [-0.39, 0.29) is 0 Å². The van der Waals surface area contributed by atoms with Crippen LogP contribution in [-0.4, -0.2) is 0 Å². The highest BCUT2D eigenvalue weighted by Gasteiger charge is 2.18. The fraction of sp³-hybridized carbons (Fsp3) is 0. The Balaban J connectivity index is 1.03. The van der Waals surface area contributed by atoms with Gasteiger partial charge in [-0.2, -0.15) is 0 Å².